The van der Waals surface area contributed by atoms with Crippen molar-refractivity contribution in [2.45, 2.75) is 4.90 Å². The summed E-state index contributed by atoms with van der Waals surface area (Å²) in [4.78, 5) is 3.54. The van der Waals surface area contributed by atoms with Crippen LogP contribution in [0, 0.1) is 0 Å². The Bertz CT molecular complexity index is 1560. The number of hydrogen-bond donors (Lipinski definition) is 1. The molecule has 3 aromatic carbocycles. The zero-order valence-corrected chi connectivity index (χ0v) is 19.4. The van der Waals surface area contributed by atoms with Crippen molar-refractivity contribution in [3.05, 3.63) is 82.3 Å². The van der Waals surface area contributed by atoms with Crippen molar-refractivity contribution in [1.82, 2.24) is 8.96 Å². The molecule has 0 spiro atoms. The molecule has 0 saturated heterocycles. The molecule has 0 aliphatic heterocycles. The number of halogens is 2. The van der Waals surface area contributed by atoms with Gasteiger partial charge in [0, 0.05) is 26.8 Å². The molecule has 5 aromatic rings. The number of benzene rings is 3. The van der Waals surface area contributed by atoms with Crippen molar-refractivity contribution in [2.24, 2.45) is 0 Å². The summed E-state index contributed by atoms with van der Waals surface area (Å²) < 4.78 is 35.1. The summed E-state index contributed by atoms with van der Waals surface area (Å²) >= 11 is 9.80. The summed E-state index contributed by atoms with van der Waals surface area (Å²) in [5.41, 5.74) is 2.57. The summed E-state index contributed by atoms with van der Waals surface area (Å²) in [7, 11) is -2.39. The lowest BCUT2D eigenvalue weighted by Gasteiger charge is -2.12. The Hall–Kier alpha value is -2.74. The van der Waals surface area contributed by atoms with Gasteiger partial charge < -0.3 is 9.72 Å². The molecule has 0 aliphatic carbocycles. The number of H-pyrrole nitrogens is 1. The van der Waals surface area contributed by atoms with Crippen molar-refractivity contribution in [3.8, 4) is 17.1 Å². The molecule has 0 fully saturated rings. The topological polar surface area (TPSA) is 64.1 Å². The summed E-state index contributed by atoms with van der Waals surface area (Å²) in [5, 5.41) is 2.08. The lowest BCUT2D eigenvalue weighted by molar-refractivity contribution is 0.415. The van der Waals surface area contributed by atoms with Crippen LogP contribution < -0.4 is 4.74 Å². The van der Waals surface area contributed by atoms with E-state index in [1.807, 2.05) is 30.3 Å². The minimum absolute atomic E-state index is 0.196. The van der Waals surface area contributed by atoms with Crippen molar-refractivity contribution >= 4 is 59.4 Å². The van der Waals surface area contributed by atoms with Crippen molar-refractivity contribution in [3.63, 3.8) is 0 Å². The predicted octanol–water partition coefficient (Wildman–Crippen LogP) is 6.45. The molecule has 5 nitrogen and oxygen atoms in total. The van der Waals surface area contributed by atoms with E-state index in [0.29, 0.717) is 33.1 Å². The van der Waals surface area contributed by atoms with Crippen LogP contribution in [0.3, 0.4) is 0 Å². The maximum Gasteiger partial charge on any atom is 0.268 e. The minimum atomic E-state index is -3.90. The third-order valence-corrected chi connectivity index (χ3v) is 7.70. The van der Waals surface area contributed by atoms with Crippen molar-refractivity contribution in [1.29, 1.82) is 0 Å². The van der Waals surface area contributed by atoms with Crippen LogP contribution in [0.2, 0.25) is 5.02 Å². The smallest absolute Gasteiger partial charge is 0.268 e. The number of nitrogens with one attached hydrogen (secondary N) is 1. The molecule has 0 unspecified atom stereocenters. The maximum atomic E-state index is 13.7. The van der Waals surface area contributed by atoms with Crippen molar-refractivity contribution in [2.75, 3.05) is 7.11 Å². The summed E-state index contributed by atoms with van der Waals surface area (Å²) in [6.07, 6.45) is 0. The molecule has 2 aromatic heterocycles. The Balaban J connectivity index is 1.86. The zero-order valence-electron chi connectivity index (χ0n) is 16.3. The Morgan fingerprint density at radius 2 is 1.74 bits per heavy atom. The van der Waals surface area contributed by atoms with Crippen LogP contribution in [-0.2, 0) is 10.0 Å². The maximum absolute atomic E-state index is 13.7. The van der Waals surface area contributed by atoms with Gasteiger partial charge in [-0.05, 0) is 42.5 Å². The lowest BCUT2D eigenvalue weighted by Crippen LogP contribution is -2.14. The van der Waals surface area contributed by atoms with E-state index in [2.05, 4.69) is 20.9 Å². The molecule has 0 atom stereocenters. The third-order valence-electron chi connectivity index (χ3n) is 5.17. The van der Waals surface area contributed by atoms with E-state index in [9.17, 15) is 8.42 Å². The first-order valence-corrected chi connectivity index (χ1v) is 12.0. The van der Waals surface area contributed by atoms with E-state index in [1.54, 1.807) is 42.5 Å². The average Bonchev–Trinajstić information content (AvgIpc) is 3.34. The molecule has 0 radical (unpaired) electrons. The second-order valence-electron chi connectivity index (χ2n) is 7.07. The fraction of sp³-hybridized carbons (Fsp3) is 0.0435. The highest BCUT2D eigenvalue weighted by molar-refractivity contribution is 9.10. The number of aromatic nitrogens is 2. The van der Waals surface area contributed by atoms with Gasteiger partial charge in [-0.15, -0.1) is 0 Å². The first-order chi connectivity index (χ1) is 14.9. The van der Waals surface area contributed by atoms with Gasteiger partial charge in [0.25, 0.3) is 10.0 Å². The van der Waals surface area contributed by atoms with Gasteiger partial charge in [0.15, 0.2) is 0 Å². The van der Waals surface area contributed by atoms with Crippen LogP contribution in [-0.4, -0.2) is 24.5 Å². The van der Waals surface area contributed by atoms with Gasteiger partial charge in [-0.3, -0.25) is 0 Å². The Kier molecular flexibility index (Phi) is 4.84. The van der Waals surface area contributed by atoms with Crippen molar-refractivity contribution < 1.29 is 13.2 Å². The summed E-state index contributed by atoms with van der Waals surface area (Å²) in [6.45, 7) is 0. The summed E-state index contributed by atoms with van der Waals surface area (Å²) in [5.74, 6) is 0.406. The highest BCUT2D eigenvalue weighted by Crippen LogP contribution is 2.38. The quantitative estimate of drug-likeness (QED) is 0.299. The van der Waals surface area contributed by atoms with Crippen LogP contribution in [0.15, 0.2) is 82.2 Å². The first-order valence-electron chi connectivity index (χ1n) is 9.37. The van der Waals surface area contributed by atoms with Crippen LogP contribution in [0.5, 0.6) is 5.75 Å². The molecule has 0 bridgehead atoms. The number of rotatable bonds is 4. The van der Waals surface area contributed by atoms with Gasteiger partial charge in [0.05, 0.1) is 33.9 Å². The predicted molar refractivity (Wildman–Crippen MR) is 128 cm³/mol. The molecule has 0 amide bonds. The Morgan fingerprint density at radius 1 is 0.968 bits per heavy atom. The molecule has 2 heterocycles. The third kappa shape index (κ3) is 3.33. The zero-order chi connectivity index (χ0) is 21.8. The highest BCUT2D eigenvalue weighted by Gasteiger charge is 2.25. The summed E-state index contributed by atoms with van der Waals surface area (Å²) in [6, 6.07) is 21.4. The average molecular weight is 516 g/mol. The molecule has 0 saturated carbocycles. The second kappa shape index (κ2) is 7.44. The minimum Gasteiger partial charge on any atom is -0.495 e. The van der Waals surface area contributed by atoms with Crippen LogP contribution >= 0.6 is 27.5 Å². The fourth-order valence-electron chi connectivity index (χ4n) is 3.72. The van der Waals surface area contributed by atoms with E-state index < -0.39 is 10.0 Å². The Labute approximate surface area is 192 Å². The number of fused-ring (bicyclic) bond motifs is 2. The Morgan fingerprint density at radius 3 is 2.48 bits per heavy atom. The van der Waals surface area contributed by atoms with Crippen LogP contribution in [0.25, 0.3) is 33.2 Å². The standard InChI is InChI=1S/C23H16BrClN2O3S/c1-30-23-13-21-15(9-18(23)25)11-22(20-10-14-7-8-16(24)12-19(14)26-20)27(21)31(28,29)17-5-3-2-4-6-17/h2-13,26H,1H3. The SMILES string of the molecule is COc1cc2c(cc1Cl)cc(-c1cc3ccc(Br)cc3[nH]1)n2S(=O)(=O)c1ccccc1. The van der Waals surface area contributed by atoms with Gasteiger partial charge in [0.2, 0.25) is 0 Å². The highest BCUT2D eigenvalue weighted by atomic mass is 79.9. The van der Waals surface area contributed by atoms with Gasteiger partial charge in [-0.1, -0.05) is 51.8 Å². The second-order valence-corrected chi connectivity index (χ2v) is 10.2. The van der Waals surface area contributed by atoms with Gasteiger partial charge in [-0.2, -0.15) is 0 Å². The van der Waals surface area contributed by atoms with Crippen LogP contribution in [0.1, 0.15) is 0 Å². The number of ether oxygens (including phenoxy) is 1. The monoisotopic (exact) mass is 514 g/mol. The van der Waals surface area contributed by atoms with Gasteiger partial charge in [0.1, 0.15) is 5.75 Å². The normalized spacial score (nSPS) is 12.0. The fourth-order valence-corrected chi connectivity index (χ4v) is 5.87. The van der Waals surface area contributed by atoms with E-state index in [-0.39, 0.29) is 4.90 Å². The van der Waals surface area contributed by atoms with E-state index in [4.69, 9.17) is 16.3 Å². The van der Waals surface area contributed by atoms with E-state index >= 15 is 0 Å². The molecular weight excluding hydrogens is 500 g/mol. The lowest BCUT2D eigenvalue weighted by atomic mass is 10.2. The van der Waals surface area contributed by atoms with Crippen LogP contribution in [0.4, 0.5) is 0 Å². The number of nitrogens with zero attached hydrogens (tertiary/aromatic N) is 1. The number of hydrogen-bond acceptors (Lipinski definition) is 3. The number of methoxy groups -OCH3 is 1. The molecule has 1 N–H and O–H groups in total. The molecule has 156 valence electrons. The van der Waals surface area contributed by atoms with E-state index in [1.165, 1.54) is 11.1 Å². The first kappa shape index (κ1) is 20.2. The number of aromatic amines is 1. The van der Waals surface area contributed by atoms with Gasteiger partial charge in [-0.25, -0.2) is 12.4 Å². The van der Waals surface area contributed by atoms with E-state index in [0.717, 1.165) is 15.4 Å². The molecule has 31 heavy (non-hydrogen) atoms. The molecule has 0 aliphatic rings. The molecule has 8 heteroatoms. The molecule has 5 rings (SSSR count). The molecular formula is C23H16BrClN2O3S. The largest absolute Gasteiger partial charge is 0.495 e. The van der Waals surface area contributed by atoms with Gasteiger partial charge >= 0.3 is 0 Å².